The second-order valence-electron chi connectivity index (χ2n) is 6.13. The molecule has 1 fully saturated rings. The molecule has 1 amide bonds. The second kappa shape index (κ2) is 6.98. The van der Waals surface area contributed by atoms with Gasteiger partial charge in [0.2, 0.25) is 5.91 Å². The van der Waals surface area contributed by atoms with E-state index in [1.54, 1.807) is 11.8 Å². The molecule has 7 nitrogen and oxygen atoms in total. The zero-order valence-electron chi connectivity index (χ0n) is 14.2. The molecular weight excluding hydrogens is 306 g/mol. The fraction of sp³-hybridized carbons (Fsp3) is 0.529. The fourth-order valence-corrected chi connectivity index (χ4v) is 3.37. The van der Waals surface area contributed by atoms with Gasteiger partial charge in [0, 0.05) is 6.42 Å². The fourth-order valence-electron chi connectivity index (χ4n) is 3.37. The van der Waals surface area contributed by atoms with Gasteiger partial charge in [-0.2, -0.15) is 4.68 Å². The maximum atomic E-state index is 12.1. The van der Waals surface area contributed by atoms with E-state index < -0.39 is 5.54 Å². The van der Waals surface area contributed by atoms with Gasteiger partial charge in [-0.1, -0.05) is 38.3 Å². The third-order valence-corrected chi connectivity index (χ3v) is 4.62. The molecule has 0 unspecified atom stereocenters. The molecule has 0 saturated heterocycles. The SMILES string of the molecule is CCC(=O)NC1(c2nnnn2-c2ccccc2OC)CCCCC1. The van der Waals surface area contributed by atoms with Gasteiger partial charge < -0.3 is 10.1 Å². The number of tetrazole rings is 1. The number of hydrogen-bond acceptors (Lipinski definition) is 5. The second-order valence-corrected chi connectivity index (χ2v) is 6.13. The number of rotatable bonds is 5. The lowest BCUT2D eigenvalue weighted by Gasteiger charge is -2.36. The molecule has 1 aromatic carbocycles. The molecule has 0 spiro atoms. The van der Waals surface area contributed by atoms with Crippen molar-refractivity contribution >= 4 is 5.91 Å². The van der Waals surface area contributed by atoms with Crippen LogP contribution in [0.25, 0.3) is 5.69 Å². The smallest absolute Gasteiger partial charge is 0.220 e. The molecule has 1 aliphatic rings. The number of benzene rings is 1. The number of nitrogens with zero attached hydrogens (tertiary/aromatic N) is 4. The van der Waals surface area contributed by atoms with Crippen molar-refractivity contribution in [2.24, 2.45) is 0 Å². The Bertz CT molecular complexity index is 707. The van der Waals surface area contributed by atoms with Crippen molar-refractivity contribution in [1.82, 2.24) is 25.5 Å². The highest BCUT2D eigenvalue weighted by Crippen LogP contribution is 2.37. The molecule has 0 aliphatic heterocycles. The van der Waals surface area contributed by atoms with Gasteiger partial charge in [0.1, 0.15) is 17.0 Å². The van der Waals surface area contributed by atoms with Crippen LogP contribution in [0, 0.1) is 0 Å². The minimum atomic E-state index is -0.518. The Morgan fingerprint density at radius 2 is 2.04 bits per heavy atom. The van der Waals surface area contributed by atoms with E-state index in [0.717, 1.165) is 31.4 Å². The van der Waals surface area contributed by atoms with Crippen LogP contribution in [-0.2, 0) is 10.3 Å². The monoisotopic (exact) mass is 329 g/mol. The molecule has 0 bridgehead atoms. The number of aromatic nitrogens is 4. The van der Waals surface area contributed by atoms with Crippen LogP contribution in [0.1, 0.15) is 51.3 Å². The zero-order valence-corrected chi connectivity index (χ0v) is 14.2. The molecule has 128 valence electrons. The van der Waals surface area contributed by atoms with Crippen molar-refractivity contribution in [3.63, 3.8) is 0 Å². The van der Waals surface area contributed by atoms with E-state index in [0.29, 0.717) is 18.0 Å². The Labute approximate surface area is 141 Å². The van der Waals surface area contributed by atoms with E-state index in [2.05, 4.69) is 20.8 Å². The van der Waals surface area contributed by atoms with Gasteiger partial charge in [-0.3, -0.25) is 4.79 Å². The summed E-state index contributed by atoms with van der Waals surface area (Å²) in [6.45, 7) is 1.86. The van der Waals surface area contributed by atoms with Gasteiger partial charge in [0.05, 0.1) is 7.11 Å². The van der Waals surface area contributed by atoms with Crippen LogP contribution >= 0.6 is 0 Å². The predicted molar refractivity (Wildman–Crippen MR) is 88.9 cm³/mol. The molecule has 1 aromatic heterocycles. The summed E-state index contributed by atoms with van der Waals surface area (Å²) in [6, 6.07) is 7.61. The minimum Gasteiger partial charge on any atom is -0.494 e. The highest BCUT2D eigenvalue weighted by atomic mass is 16.5. The largest absolute Gasteiger partial charge is 0.494 e. The van der Waals surface area contributed by atoms with Crippen LogP contribution in [0.5, 0.6) is 5.75 Å². The van der Waals surface area contributed by atoms with E-state index in [1.165, 1.54) is 6.42 Å². The Morgan fingerprint density at radius 1 is 1.29 bits per heavy atom. The topological polar surface area (TPSA) is 81.9 Å². The van der Waals surface area contributed by atoms with E-state index in [4.69, 9.17) is 4.74 Å². The van der Waals surface area contributed by atoms with E-state index in [-0.39, 0.29) is 5.91 Å². The molecule has 1 saturated carbocycles. The van der Waals surface area contributed by atoms with Crippen LogP contribution in [-0.4, -0.2) is 33.2 Å². The molecule has 3 rings (SSSR count). The number of ether oxygens (including phenoxy) is 1. The summed E-state index contributed by atoms with van der Waals surface area (Å²) < 4.78 is 7.14. The number of nitrogens with one attached hydrogen (secondary N) is 1. The lowest BCUT2D eigenvalue weighted by molar-refractivity contribution is -0.123. The summed E-state index contributed by atoms with van der Waals surface area (Å²) in [7, 11) is 1.62. The van der Waals surface area contributed by atoms with Crippen LogP contribution in [0.3, 0.4) is 0 Å². The average Bonchev–Trinajstić information content (AvgIpc) is 3.12. The minimum absolute atomic E-state index is 0.0199. The number of hydrogen-bond donors (Lipinski definition) is 1. The summed E-state index contributed by atoms with van der Waals surface area (Å²) in [4.78, 5) is 12.1. The molecule has 1 N–H and O–H groups in total. The molecule has 1 heterocycles. The van der Waals surface area contributed by atoms with Gasteiger partial charge >= 0.3 is 0 Å². The van der Waals surface area contributed by atoms with Gasteiger partial charge in [0.25, 0.3) is 0 Å². The zero-order chi connectivity index (χ0) is 17.0. The van der Waals surface area contributed by atoms with Crippen molar-refractivity contribution < 1.29 is 9.53 Å². The van der Waals surface area contributed by atoms with Crippen LogP contribution < -0.4 is 10.1 Å². The van der Waals surface area contributed by atoms with Gasteiger partial charge in [-0.25, -0.2) is 0 Å². The van der Waals surface area contributed by atoms with E-state index in [1.807, 2.05) is 31.2 Å². The van der Waals surface area contributed by atoms with Gasteiger partial charge in [0.15, 0.2) is 5.82 Å². The van der Waals surface area contributed by atoms with E-state index in [9.17, 15) is 4.79 Å². The van der Waals surface area contributed by atoms with Crippen molar-refractivity contribution in [3.05, 3.63) is 30.1 Å². The number of methoxy groups -OCH3 is 1. The number of carbonyl (C=O) groups excluding carboxylic acids is 1. The highest BCUT2D eigenvalue weighted by Gasteiger charge is 2.40. The Hall–Kier alpha value is -2.44. The lowest BCUT2D eigenvalue weighted by Crippen LogP contribution is -2.48. The van der Waals surface area contributed by atoms with Crippen molar-refractivity contribution in [2.45, 2.75) is 51.0 Å². The van der Waals surface area contributed by atoms with Crippen molar-refractivity contribution in [1.29, 1.82) is 0 Å². The number of amides is 1. The van der Waals surface area contributed by atoms with Gasteiger partial charge in [-0.05, 0) is 35.4 Å². The summed E-state index contributed by atoms with van der Waals surface area (Å²) in [5, 5.41) is 15.5. The molecule has 1 aliphatic carbocycles. The van der Waals surface area contributed by atoms with Crippen LogP contribution in [0.15, 0.2) is 24.3 Å². The van der Waals surface area contributed by atoms with E-state index >= 15 is 0 Å². The molecule has 2 aromatic rings. The predicted octanol–water partition coefficient (Wildman–Crippen LogP) is 2.36. The van der Waals surface area contributed by atoms with Gasteiger partial charge in [-0.15, -0.1) is 5.10 Å². The van der Waals surface area contributed by atoms with Crippen molar-refractivity contribution in [2.75, 3.05) is 7.11 Å². The molecule has 0 atom stereocenters. The van der Waals surface area contributed by atoms with Crippen molar-refractivity contribution in [3.8, 4) is 11.4 Å². The highest BCUT2D eigenvalue weighted by molar-refractivity contribution is 5.76. The number of para-hydroxylation sites is 2. The average molecular weight is 329 g/mol. The van der Waals surface area contributed by atoms with Crippen LogP contribution in [0.4, 0.5) is 0 Å². The quantitative estimate of drug-likeness (QED) is 0.910. The maximum absolute atomic E-state index is 12.1. The first kappa shape index (κ1) is 16.4. The Kier molecular flexibility index (Phi) is 4.78. The first-order valence-electron chi connectivity index (χ1n) is 8.43. The summed E-state index contributed by atoms with van der Waals surface area (Å²) in [5.74, 6) is 1.39. The third kappa shape index (κ3) is 2.98. The Morgan fingerprint density at radius 3 is 2.75 bits per heavy atom. The first-order chi connectivity index (χ1) is 11.7. The summed E-state index contributed by atoms with van der Waals surface area (Å²) >= 11 is 0. The maximum Gasteiger partial charge on any atom is 0.220 e. The normalized spacial score (nSPS) is 16.6. The Balaban J connectivity index is 2.07. The van der Waals surface area contributed by atoms with Crippen LogP contribution in [0.2, 0.25) is 0 Å². The summed E-state index contributed by atoms with van der Waals surface area (Å²) in [5.41, 5.74) is 0.256. The lowest BCUT2D eigenvalue weighted by atomic mass is 9.80. The standard InChI is InChI=1S/C17H23N5O2/c1-3-15(23)18-17(11-7-4-8-12-17)16-19-20-21-22(16)13-9-5-6-10-14(13)24-2/h5-6,9-10H,3-4,7-8,11-12H2,1-2H3,(H,18,23). The molecule has 24 heavy (non-hydrogen) atoms. The molecule has 7 heteroatoms. The third-order valence-electron chi connectivity index (χ3n) is 4.62. The molecule has 0 radical (unpaired) electrons. The molecular formula is C17H23N5O2. The number of carbonyl (C=O) groups is 1. The first-order valence-corrected chi connectivity index (χ1v) is 8.43. The summed E-state index contributed by atoms with van der Waals surface area (Å²) in [6.07, 6.45) is 5.38.